The maximum atomic E-state index is 16.4. The van der Waals surface area contributed by atoms with Gasteiger partial charge >= 0.3 is 0 Å². The van der Waals surface area contributed by atoms with Gasteiger partial charge in [-0.25, -0.2) is 13.8 Å². The van der Waals surface area contributed by atoms with E-state index in [4.69, 9.17) is 0 Å². The number of aliphatic imine (C=N–C) groups is 3. The Hall–Kier alpha value is -3.00. The molecule has 5 nitrogen and oxygen atoms in total. The fraction of sp³-hybridized carbons (Fsp3) is 0.605. The Kier molecular flexibility index (Phi) is 11.7. The average molecular weight is 636 g/mol. The van der Waals surface area contributed by atoms with Gasteiger partial charge in [0.1, 0.15) is 23.1 Å². The molecule has 0 N–H and O–H groups in total. The molecule has 6 aliphatic rings. The number of allylic oxidation sites excluding steroid dienone is 4. The molecule has 0 radical (unpaired) electrons. The van der Waals surface area contributed by atoms with Crippen molar-refractivity contribution >= 4 is 29.9 Å². The normalized spacial score (nSPS) is 26.1. The lowest BCUT2D eigenvalue weighted by atomic mass is 9.82. The highest BCUT2D eigenvalue weighted by Gasteiger charge is 2.36. The monoisotopic (exact) mass is 635 g/mol. The van der Waals surface area contributed by atoms with Crippen LogP contribution in [-0.2, 0) is 6.42 Å². The SMILES string of the molecule is C1CC2CCCN2C1.C=N/C(=C1/C=NC(c2cc(C)cc3c2C(CC)=C(F)CC3)=C(F)C1=NCCC)N1CC2CCC(C2)C1.CF. The molecule has 7 rings (SSSR count). The third-order valence-electron chi connectivity index (χ3n) is 10.5. The maximum Gasteiger partial charge on any atom is 0.175 e. The standard InChI is InChI=1S/C30H36F2N4.C7H13N.CH3F/c1-5-11-34-29-24(30(33-4)36-16-19-7-8-20(14-19)17-36)15-35-28(27(29)32)23-13-18(3)12-21-9-10-25(31)22(6-2)26(21)23;1-3-7-4-2-6-8(7)5-1;1-2/h12-13,15,19-20H,4-11,14,16-17H2,1-3H3;7H,1-6H2;1H3/b30-24+,34-29?;;. The van der Waals surface area contributed by atoms with E-state index in [2.05, 4.69) is 37.6 Å². The molecule has 8 heteroatoms. The Morgan fingerprint density at radius 3 is 2.30 bits per heavy atom. The van der Waals surface area contributed by atoms with Crippen LogP contribution in [0.4, 0.5) is 13.2 Å². The van der Waals surface area contributed by atoms with Crippen molar-refractivity contribution in [2.24, 2.45) is 26.8 Å². The van der Waals surface area contributed by atoms with Crippen molar-refractivity contribution < 1.29 is 13.2 Å². The summed E-state index contributed by atoms with van der Waals surface area (Å²) in [7, 11) is 0.500. The molecular formula is C38H52F3N5. The van der Waals surface area contributed by atoms with Gasteiger partial charge < -0.3 is 9.80 Å². The molecular weight excluding hydrogens is 583 g/mol. The fourth-order valence-corrected chi connectivity index (χ4v) is 8.49. The Morgan fingerprint density at radius 2 is 1.70 bits per heavy atom. The van der Waals surface area contributed by atoms with Gasteiger partial charge in [-0.3, -0.25) is 14.4 Å². The van der Waals surface area contributed by atoms with Gasteiger partial charge in [0.2, 0.25) is 0 Å². The summed E-state index contributed by atoms with van der Waals surface area (Å²) in [6, 6.07) is 5.03. The first-order valence-electron chi connectivity index (χ1n) is 17.5. The number of nitrogens with zero attached hydrogens (tertiary/aromatic N) is 5. The molecule has 1 aromatic rings. The lowest BCUT2D eigenvalue weighted by Gasteiger charge is -2.34. The lowest BCUT2D eigenvalue weighted by Crippen LogP contribution is -2.37. The Balaban J connectivity index is 0.000000355. The van der Waals surface area contributed by atoms with E-state index in [1.807, 2.05) is 26.8 Å². The summed E-state index contributed by atoms with van der Waals surface area (Å²) in [4.78, 5) is 18.6. The van der Waals surface area contributed by atoms with Gasteiger partial charge in [-0.2, -0.15) is 0 Å². The molecule has 2 unspecified atom stereocenters. The molecule has 1 aromatic carbocycles. The van der Waals surface area contributed by atoms with Crippen molar-refractivity contribution in [2.75, 3.05) is 39.9 Å². The number of hydrogen-bond donors (Lipinski definition) is 0. The topological polar surface area (TPSA) is 43.6 Å². The van der Waals surface area contributed by atoms with Crippen molar-refractivity contribution in [3.8, 4) is 0 Å². The number of halogens is 3. The van der Waals surface area contributed by atoms with Gasteiger partial charge in [-0.15, -0.1) is 0 Å². The Morgan fingerprint density at radius 1 is 1.00 bits per heavy atom. The van der Waals surface area contributed by atoms with Crippen LogP contribution in [0.1, 0.15) is 100 Å². The van der Waals surface area contributed by atoms with Gasteiger partial charge in [-0.1, -0.05) is 25.5 Å². The molecule has 2 atom stereocenters. The summed E-state index contributed by atoms with van der Waals surface area (Å²) in [5.74, 6) is 1.42. The van der Waals surface area contributed by atoms with E-state index in [1.54, 1.807) is 6.21 Å². The van der Waals surface area contributed by atoms with Crippen LogP contribution in [0.5, 0.6) is 0 Å². The predicted molar refractivity (Wildman–Crippen MR) is 187 cm³/mol. The molecule has 4 fully saturated rings. The van der Waals surface area contributed by atoms with Crippen molar-refractivity contribution in [2.45, 2.75) is 97.4 Å². The summed E-state index contributed by atoms with van der Waals surface area (Å²) in [5, 5.41) is 0. The molecule has 0 spiro atoms. The highest BCUT2D eigenvalue weighted by Crippen LogP contribution is 2.43. The van der Waals surface area contributed by atoms with E-state index in [9.17, 15) is 8.78 Å². The molecule has 0 amide bonds. The van der Waals surface area contributed by atoms with Crippen molar-refractivity contribution in [1.82, 2.24) is 9.80 Å². The van der Waals surface area contributed by atoms with Crippen LogP contribution in [0.2, 0.25) is 0 Å². The van der Waals surface area contributed by atoms with Crippen LogP contribution in [0, 0.1) is 18.8 Å². The summed E-state index contributed by atoms with van der Waals surface area (Å²) in [6.45, 7) is 14.9. The van der Waals surface area contributed by atoms with Crippen molar-refractivity contribution in [1.29, 1.82) is 0 Å². The molecule has 250 valence electrons. The molecule has 2 bridgehead atoms. The zero-order chi connectivity index (χ0) is 32.8. The van der Waals surface area contributed by atoms with E-state index >= 15 is 4.39 Å². The molecule has 46 heavy (non-hydrogen) atoms. The minimum Gasteiger partial charge on any atom is -0.355 e. The van der Waals surface area contributed by atoms with Crippen molar-refractivity contribution in [3.63, 3.8) is 0 Å². The highest BCUT2D eigenvalue weighted by molar-refractivity contribution is 6.28. The van der Waals surface area contributed by atoms with Gasteiger partial charge in [0, 0.05) is 43.9 Å². The molecule has 2 aliphatic carbocycles. The predicted octanol–water partition coefficient (Wildman–Crippen LogP) is 9.08. The van der Waals surface area contributed by atoms with Gasteiger partial charge in [0.25, 0.3) is 0 Å². The molecule has 1 saturated carbocycles. The van der Waals surface area contributed by atoms with Crippen LogP contribution in [-0.4, -0.2) is 74.4 Å². The zero-order valence-electron chi connectivity index (χ0n) is 28.4. The van der Waals surface area contributed by atoms with E-state index in [0.29, 0.717) is 67.4 Å². The Labute approximate surface area is 274 Å². The summed E-state index contributed by atoms with van der Waals surface area (Å²) in [6.07, 6.45) is 13.7. The minimum absolute atomic E-state index is 0.103. The first-order chi connectivity index (χ1) is 22.4. The fourth-order valence-electron chi connectivity index (χ4n) is 8.49. The average Bonchev–Trinajstić information content (AvgIpc) is 3.79. The number of piperidine rings is 1. The molecule has 4 aliphatic heterocycles. The number of aryl methyl sites for hydroxylation is 2. The number of rotatable bonds is 6. The smallest absolute Gasteiger partial charge is 0.175 e. The summed E-state index contributed by atoms with van der Waals surface area (Å²) < 4.78 is 40.8. The van der Waals surface area contributed by atoms with Crippen molar-refractivity contribution in [3.05, 3.63) is 57.4 Å². The number of fused-ring (bicyclic) bond motifs is 4. The molecule has 3 saturated heterocycles. The maximum absolute atomic E-state index is 16.4. The van der Waals surface area contributed by atoms with E-state index < -0.39 is 5.83 Å². The molecule has 4 heterocycles. The van der Waals surface area contributed by atoms with E-state index in [0.717, 1.165) is 42.2 Å². The van der Waals surface area contributed by atoms with Crippen LogP contribution in [0.3, 0.4) is 0 Å². The third kappa shape index (κ3) is 7.12. The van der Waals surface area contributed by atoms with Crippen LogP contribution >= 0.6 is 0 Å². The quantitative estimate of drug-likeness (QED) is 0.293. The number of hydrogen-bond acceptors (Lipinski definition) is 5. The van der Waals surface area contributed by atoms with E-state index in [1.165, 1.54) is 58.0 Å². The number of likely N-dealkylation sites (tertiary alicyclic amines) is 1. The Bertz CT molecular complexity index is 1410. The summed E-state index contributed by atoms with van der Waals surface area (Å²) in [5.41, 5.74) is 5.30. The number of benzene rings is 1. The second-order valence-corrected chi connectivity index (χ2v) is 13.6. The van der Waals surface area contributed by atoms with Gasteiger partial charge in [0.05, 0.1) is 12.8 Å². The third-order valence-corrected chi connectivity index (χ3v) is 10.5. The highest BCUT2D eigenvalue weighted by atomic mass is 19.1. The first kappa shape index (κ1) is 34.3. The van der Waals surface area contributed by atoms with Crippen LogP contribution < -0.4 is 0 Å². The first-order valence-corrected chi connectivity index (χ1v) is 17.5. The lowest BCUT2D eigenvalue weighted by molar-refractivity contribution is 0.209. The summed E-state index contributed by atoms with van der Waals surface area (Å²) >= 11 is 0. The van der Waals surface area contributed by atoms with Gasteiger partial charge in [0.15, 0.2) is 5.83 Å². The van der Waals surface area contributed by atoms with Gasteiger partial charge in [-0.05, 0) is 126 Å². The van der Waals surface area contributed by atoms with Crippen LogP contribution in [0.15, 0.2) is 50.2 Å². The number of alkyl halides is 1. The second kappa shape index (κ2) is 15.7. The minimum atomic E-state index is -0.462. The second-order valence-electron chi connectivity index (χ2n) is 13.6. The largest absolute Gasteiger partial charge is 0.355 e. The zero-order valence-corrected chi connectivity index (χ0v) is 28.4. The van der Waals surface area contributed by atoms with Crippen LogP contribution in [0.25, 0.3) is 11.3 Å². The molecule has 0 aromatic heterocycles. The van der Waals surface area contributed by atoms with E-state index in [-0.39, 0.29) is 17.2 Å².